The number of hydrogen-bond donors (Lipinski definition) is 1. The topological polar surface area (TPSA) is 68.2 Å². The standard InChI is InChI=1S/C29H26ClNO5/c30-26-14-20(8-11-27(26)36-24-6-2-1-3-7-24)18-34-25-10-9-22-13-21(19-35-28(22)15-25)16-31-12-4-5-23(17-31)29(32)33/h1-3,5-11,13-15H,4,12,16-19H2,(H,32,33). The van der Waals surface area contributed by atoms with E-state index in [0.717, 1.165) is 41.2 Å². The third-order valence-corrected chi connectivity index (χ3v) is 6.36. The molecule has 2 heterocycles. The van der Waals surface area contributed by atoms with Crippen LogP contribution in [0.2, 0.25) is 5.02 Å². The summed E-state index contributed by atoms with van der Waals surface area (Å²) in [6.45, 7) is 2.82. The van der Waals surface area contributed by atoms with Gasteiger partial charge >= 0.3 is 5.97 Å². The van der Waals surface area contributed by atoms with Gasteiger partial charge in [0.15, 0.2) is 0 Å². The van der Waals surface area contributed by atoms with Crippen LogP contribution in [0, 0.1) is 0 Å². The van der Waals surface area contributed by atoms with E-state index in [4.69, 9.17) is 25.8 Å². The lowest BCUT2D eigenvalue weighted by Crippen LogP contribution is -2.34. The molecule has 184 valence electrons. The van der Waals surface area contributed by atoms with Crippen molar-refractivity contribution in [3.05, 3.63) is 100 Å². The molecule has 2 aliphatic heterocycles. The predicted molar refractivity (Wildman–Crippen MR) is 139 cm³/mol. The molecule has 5 rings (SSSR count). The Morgan fingerprint density at radius 3 is 2.72 bits per heavy atom. The van der Waals surface area contributed by atoms with Crippen molar-refractivity contribution in [1.82, 2.24) is 4.90 Å². The smallest absolute Gasteiger partial charge is 0.332 e. The highest BCUT2D eigenvalue weighted by Crippen LogP contribution is 2.33. The first-order chi connectivity index (χ1) is 17.5. The minimum Gasteiger partial charge on any atom is -0.489 e. The van der Waals surface area contributed by atoms with Gasteiger partial charge in [-0.1, -0.05) is 41.9 Å². The van der Waals surface area contributed by atoms with E-state index >= 15 is 0 Å². The van der Waals surface area contributed by atoms with E-state index in [0.29, 0.717) is 48.4 Å². The molecule has 3 aromatic rings. The fourth-order valence-corrected chi connectivity index (χ4v) is 4.50. The summed E-state index contributed by atoms with van der Waals surface area (Å²) >= 11 is 6.42. The maximum Gasteiger partial charge on any atom is 0.332 e. The fourth-order valence-electron chi connectivity index (χ4n) is 4.25. The number of nitrogens with zero attached hydrogens (tertiary/aromatic N) is 1. The van der Waals surface area contributed by atoms with Crippen LogP contribution in [0.5, 0.6) is 23.0 Å². The van der Waals surface area contributed by atoms with Gasteiger partial charge in [0.2, 0.25) is 0 Å². The SMILES string of the molecule is O=C(O)C1=CCCN(CC2=Cc3ccc(OCc4ccc(Oc5ccccc5)c(Cl)c4)cc3OC2)C1. The number of aliphatic carboxylic acids is 1. The van der Waals surface area contributed by atoms with Crippen LogP contribution in [0.15, 0.2) is 84.0 Å². The van der Waals surface area contributed by atoms with E-state index in [1.165, 1.54) is 0 Å². The van der Waals surface area contributed by atoms with Crippen molar-refractivity contribution in [2.24, 2.45) is 0 Å². The third-order valence-electron chi connectivity index (χ3n) is 6.06. The summed E-state index contributed by atoms with van der Waals surface area (Å²) in [5, 5.41) is 9.78. The molecule has 0 aromatic heterocycles. The van der Waals surface area contributed by atoms with Gasteiger partial charge in [-0.15, -0.1) is 0 Å². The lowest BCUT2D eigenvalue weighted by Gasteiger charge is -2.28. The Balaban J connectivity index is 1.18. The molecule has 1 N–H and O–H groups in total. The van der Waals surface area contributed by atoms with Crippen molar-refractivity contribution in [1.29, 1.82) is 0 Å². The summed E-state index contributed by atoms with van der Waals surface area (Å²) in [7, 11) is 0. The molecule has 3 aromatic carbocycles. The first-order valence-corrected chi connectivity index (χ1v) is 12.2. The number of halogens is 1. The molecule has 0 saturated heterocycles. The van der Waals surface area contributed by atoms with Crippen LogP contribution in [0.3, 0.4) is 0 Å². The van der Waals surface area contributed by atoms with E-state index in [2.05, 4.69) is 11.0 Å². The van der Waals surface area contributed by atoms with Gasteiger partial charge in [-0.2, -0.15) is 0 Å². The molecule has 0 aliphatic carbocycles. The van der Waals surface area contributed by atoms with Gasteiger partial charge in [0.25, 0.3) is 0 Å². The molecular formula is C29H26ClNO5. The summed E-state index contributed by atoms with van der Waals surface area (Å²) in [4.78, 5) is 13.4. The number of carbonyl (C=O) groups is 1. The van der Waals surface area contributed by atoms with Crippen LogP contribution >= 0.6 is 11.6 Å². The maximum absolute atomic E-state index is 11.3. The zero-order valence-electron chi connectivity index (χ0n) is 19.7. The molecular weight excluding hydrogens is 478 g/mol. The first-order valence-electron chi connectivity index (χ1n) is 11.8. The number of ether oxygens (including phenoxy) is 3. The van der Waals surface area contributed by atoms with E-state index in [9.17, 15) is 9.90 Å². The zero-order chi connectivity index (χ0) is 24.9. The number of para-hydroxylation sites is 1. The number of hydrogen-bond acceptors (Lipinski definition) is 5. The Morgan fingerprint density at radius 1 is 1.06 bits per heavy atom. The summed E-state index contributed by atoms with van der Waals surface area (Å²) in [5.74, 6) is 1.96. The molecule has 0 amide bonds. The summed E-state index contributed by atoms with van der Waals surface area (Å²) in [5.41, 5.74) is 3.49. The van der Waals surface area contributed by atoms with Crippen molar-refractivity contribution >= 4 is 23.6 Å². The lowest BCUT2D eigenvalue weighted by atomic mass is 10.0. The Kier molecular flexibility index (Phi) is 7.26. The van der Waals surface area contributed by atoms with Gasteiger partial charge in [-0.05, 0) is 60.0 Å². The van der Waals surface area contributed by atoms with Crippen molar-refractivity contribution in [3.63, 3.8) is 0 Å². The highest BCUT2D eigenvalue weighted by molar-refractivity contribution is 6.32. The van der Waals surface area contributed by atoms with Crippen LogP contribution in [0.4, 0.5) is 0 Å². The molecule has 6 nitrogen and oxygen atoms in total. The third kappa shape index (κ3) is 5.90. The second-order valence-electron chi connectivity index (χ2n) is 8.79. The van der Waals surface area contributed by atoms with Gasteiger partial charge < -0.3 is 19.3 Å². The van der Waals surface area contributed by atoms with Crippen LogP contribution in [-0.4, -0.2) is 42.2 Å². The Morgan fingerprint density at radius 2 is 1.92 bits per heavy atom. The quantitative estimate of drug-likeness (QED) is 0.394. The number of fused-ring (bicyclic) bond motifs is 1. The molecule has 0 bridgehead atoms. The highest BCUT2D eigenvalue weighted by atomic mass is 35.5. The number of benzene rings is 3. The molecule has 0 spiro atoms. The zero-order valence-corrected chi connectivity index (χ0v) is 20.4. The van der Waals surface area contributed by atoms with E-state index < -0.39 is 5.97 Å². The van der Waals surface area contributed by atoms with Crippen molar-refractivity contribution in [2.45, 2.75) is 13.0 Å². The predicted octanol–water partition coefficient (Wildman–Crippen LogP) is 6.20. The van der Waals surface area contributed by atoms with Gasteiger partial charge in [-0.3, -0.25) is 4.90 Å². The molecule has 7 heteroatoms. The molecule has 2 aliphatic rings. The van der Waals surface area contributed by atoms with Gasteiger partial charge in [0.1, 0.15) is 36.2 Å². The Labute approximate surface area is 215 Å². The summed E-state index contributed by atoms with van der Waals surface area (Å²) < 4.78 is 17.8. The highest BCUT2D eigenvalue weighted by Gasteiger charge is 2.20. The van der Waals surface area contributed by atoms with E-state index in [-0.39, 0.29) is 0 Å². The Hall–Kier alpha value is -3.74. The van der Waals surface area contributed by atoms with E-state index in [1.807, 2.05) is 72.8 Å². The average Bonchev–Trinajstić information content (AvgIpc) is 2.89. The van der Waals surface area contributed by atoms with Crippen LogP contribution in [0.25, 0.3) is 6.08 Å². The lowest BCUT2D eigenvalue weighted by molar-refractivity contribution is -0.133. The minimum absolute atomic E-state index is 0.361. The molecule has 0 radical (unpaired) electrons. The van der Waals surface area contributed by atoms with Crippen molar-refractivity contribution in [3.8, 4) is 23.0 Å². The number of carboxylic acids is 1. The van der Waals surface area contributed by atoms with Gasteiger partial charge in [-0.25, -0.2) is 4.79 Å². The van der Waals surface area contributed by atoms with Crippen LogP contribution < -0.4 is 14.2 Å². The van der Waals surface area contributed by atoms with Crippen LogP contribution in [-0.2, 0) is 11.4 Å². The monoisotopic (exact) mass is 503 g/mol. The minimum atomic E-state index is -0.842. The number of carboxylic acid groups (broad SMARTS) is 1. The molecule has 0 saturated carbocycles. The molecule has 0 fully saturated rings. The molecule has 0 atom stereocenters. The second kappa shape index (κ2) is 10.9. The fraction of sp³-hybridized carbons (Fsp3) is 0.207. The number of rotatable bonds is 8. The van der Waals surface area contributed by atoms with Gasteiger partial charge in [0, 0.05) is 36.8 Å². The van der Waals surface area contributed by atoms with Crippen LogP contribution in [0.1, 0.15) is 17.5 Å². The maximum atomic E-state index is 11.3. The van der Waals surface area contributed by atoms with E-state index in [1.54, 1.807) is 0 Å². The summed E-state index contributed by atoms with van der Waals surface area (Å²) in [6.07, 6.45) is 4.68. The normalized spacial score (nSPS) is 15.2. The summed E-state index contributed by atoms with van der Waals surface area (Å²) in [6, 6.07) is 20.9. The first kappa shape index (κ1) is 24.0. The average molecular weight is 504 g/mol. The molecule has 36 heavy (non-hydrogen) atoms. The van der Waals surface area contributed by atoms with Gasteiger partial charge in [0.05, 0.1) is 5.02 Å². The van der Waals surface area contributed by atoms with Crippen molar-refractivity contribution in [2.75, 3.05) is 26.2 Å². The van der Waals surface area contributed by atoms with Crippen molar-refractivity contribution < 1.29 is 24.1 Å². The Bertz CT molecular complexity index is 1320. The largest absolute Gasteiger partial charge is 0.489 e. The molecule has 0 unspecified atom stereocenters. The second-order valence-corrected chi connectivity index (χ2v) is 9.20.